The highest BCUT2D eigenvalue weighted by Gasteiger charge is 2.32. The molecule has 0 aromatic rings. The zero-order chi connectivity index (χ0) is 16.7. The molecule has 0 bridgehead atoms. The van der Waals surface area contributed by atoms with Gasteiger partial charge >= 0.3 is 0 Å². The van der Waals surface area contributed by atoms with Crippen LogP contribution in [0, 0.1) is 5.41 Å². The molecule has 0 spiro atoms. The second-order valence-corrected chi connectivity index (χ2v) is 7.23. The van der Waals surface area contributed by atoms with Crippen molar-refractivity contribution in [3.63, 3.8) is 0 Å². The van der Waals surface area contributed by atoms with Crippen LogP contribution in [0.4, 0.5) is 0 Å². The summed E-state index contributed by atoms with van der Waals surface area (Å²) in [6.07, 6.45) is 6.60. The molecule has 1 heterocycles. The molecule has 1 aliphatic heterocycles. The summed E-state index contributed by atoms with van der Waals surface area (Å²) < 4.78 is 0. The number of piperazine rings is 1. The number of rotatable bonds is 6. The van der Waals surface area contributed by atoms with E-state index in [1.165, 1.54) is 19.3 Å². The zero-order valence-electron chi connectivity index (χ0n) is 14.5. The van der Waals surface area contributed by atoms with Crippen molar-refractivity contribution >= 4 is 11.8 Å². The van der Waals surface area contributed by atoms with E-state index in [4.69, 9.17) is 5.73 Å². The van der Waals surface area contributed by atoms with Gasteiger partial charge in [-0.3, -0.25) is 9.59 Å². The van der Waals surface area contributed by atoms with Gasteiger partial charge in [0.15, 0.2) is 0 Å². The zero-order valence-corrected chi connectivity index (χ0v) is 14.5. The van der Waals surface area contributed by atoms with E-state index in [-0.39, 0.29) is 17.2 Å². The van der Waals surface area contributed by atoms with E-state index in [2.05, 4.69) is 17.3 Å². The number of hydrogen-bond donors (Lipinski definition) is 2. The predicted molar refractivity (Wildman–Crippen MR) is 90.9 cm³/mol. The summed E-state index contributed by atoms with van der Waals surface area (Å²) in [5.41, 5.74) is 5.92. The Bertz CT molecular complexity index is 399. The fourth-order valence-corrected chi connectivity index (χ4v) is 3.68. The van der Waals surface area contributed by atoms with Crippen LogP contribution in [0.3, 0.4) is 0 Å². The predicted octanol–water partition coefficient (Wildman–Crippen LogP) is 0.566. The third kappa shape index (κ3) is 5.46. The second-order valence-electron chi connectivity index (χ2n) is 7.23. The fourth-order valence-electron chi connectivity index (χ4n) is 3.68. The molecule has 2 aliphatic rings. The normalized spacial score (nSPS) is 21.9. The van der Waals surface area contributed by atoms with Crippen molar-refractivity contribution in [3.8, 4) is 0 Å². The lowest BCUT2D eigenvalue weighted by molar-refractivity contribution is -0.132. The van der Waals surface area contributed by atoms with E-state index in [0.717, 1.165) is 39.0 Å². The van der Waals surface area contributed by atoms with Crippen LogP contribution in [0.5, 0.6) is 0 Å². The van der Waals surface area contributed by atoms with Gasteiger partial charge in [-0.15, -0.1) is 0 Å². The number of nitrogens with one attached hydrogen (secondary N) is 1. The molecule has 0 unspecified atom stereocenters. The highest BCUT2D eigenvalue weighted by atomic mass is 16.2. The van der Waals surface area contributed by atoms with E-state index in [9.17, 15) is 9.59 Å². The standard InChI is InChI=1S/C17H32N4O2/c1-20-9-11-21(12-10-20)16(23)5-8-19-15(22)13-17(14-18)6-3-2-4-7-17/h2-14,18H2,1H3,(H,19,22). The smallest absolute Gasteiger partial charge is 0.224 e. The van der Waals surface area contributed by atoms with Crippen molar-refractivity contribution in [1.82, 2.24) is 15.1 Å². The summed E-state index contributed by atoms with van der Waals surface area (Å²) in [4.78, 5) is 28.4. The molecule has 1 saturated heterocycles. The Hall–Kier alpha value is -1.14. The minimum atomic E-state index is -0.0101. The third-order valence-corrected chi connectivity index (χ3v) is 5.40. The average Bonchev–Trinajstić information content (AvgIpc) is 2.56. The molecule has 0 atom stereocenters. The molecule has 6 nitrogen and oxygen atoms in total. The number of nitrogens with two attached hydrogens (primary N) is 1. The molecular weight excluding hydrogens is 292 g/mol. The number of carbonyl (C=O) groups is 2. The van der Waals surface area contributed by atoms with Crippen LogP contribution in [-0.4, -0.2) is 67.9 Å². The highest BCUT2D eigenvalue weighted by molar-refractivity contribution is 5.79. The lowest BCUT2D eigenvalue weighted by Crippen LogP contribution is -2.47. The van der Waals surface area contributed by atoms with Crippen LogP contribution in [0.15, 0.2) is 0 Å². The Morgan fingerprint density at radius 1 is 1.09 bits per heavy atom. The van der Waals surface area contributed by atoms with Gasteiger partial charge < -0.3 is 20.9 Å². The Labute approximate surface area is 139 Å². The molecule has 0 radical (unpaired) electrons. The second kappa shape index (κ2) is 8.64. The monoisotopic (exact) mass is 324 g/mol. The number of carbonyl (C=O) groups excluding carboxylic acids is 2. The maximum absolute atomic E-state index is 12.2. The summed E-state index contributed by atoms with van der Waals surface area (Å²) >= 11 is 0. The molecule has 1 saturated carbocycles. The van der Waals surface area contributed by atoms with Crippen molar-refractivity contribution < 1.29 is 9.59 Å². The van der Waals surface area contributed by atoms with Crippen LogP contribution in [0.25, 0.3) is 0 Å². The lowest BCUT2D eigenvalue weighted by atomic mass is 9.71. The number of amides is 2. The summed E-state index contributed by atoms with van der Waals surface area (Å²) in [6.45, 7) is 4.46. The van der Waals surface area contributed by atoms with Crippen molar-refractivity contribution in [2.45, 2.75) is 44.9 Å². The molecule has 1 aliphatic carbocycles. The average molecular weight is 324 g/mol. The first-order valence-corrected chi connectivity index (χ1v) is 8.98. The Morgan fingerprint density at radius 2 is 1.74 bits per heavy atom. The Balaban J connectivity index is 1.67. The molecule has 23 heavy (non-hydrogen) atoms. The van der Waals surface area contributed by atoms with Gasteiger partial charge in [0.05, 0.1) is 0 Å². The van der Waals surface area contributed by atoms with Crippen LogP contribution in [-0.2, 0) is 9.59 Å². The highest BCUT2D eigenvalue weighted by Crippen LogP contribution is 2.38. The van der Waals surface area contributed by atoms with Crippen molar-refractivity contribution in [2.24, 2.45) is 11.1 Å². The van der Waals surface area contributed by atoms with Gasteiger partial charge in [-0.25, -0.2) is 0 Å². The van der Waals surface area contributed by atoms with Crippen LogP contribution in [0.1, 0.15) is 44.9 Å². The SMILES string of the molecule is CN1CCN(C(=O)CCNC(=O)CC2(CN)CCCCC2)CC1. The molecular formula is C17H32N4O2. The van der Waals surface area contributed by atoms with Gasteiger partial charge in [-0.05, 0) is 31.8 Å². The number of likely N-dealkylation sites (N-methyl/N-ethyl adjacent to an activating group) is 1. The van der Waals surface area contributed by atoms with Crippen LogP contribution >= 0.6 is 0 Å². The molecule has 2 fully saturated rings. The maximum Gasteiger partial charge on any atom is 0.224 e. The summed E-state index contributed by atoms with van der Waals surface area (Å²) in [7, 11) is 2.07. The van der Waals surface area contributed by atoms with Crippen molar-refractivity contribution in [3.05, 3.63) is 0 Å². The fraction of sp³-hybridized carbons (Fsp3) is 0.882. The molecule has 0 aromatic carbocycles. The number of nitrogens with zero attached hydrogens (tertiary/aromatic N) is 2. The minimum Gasteiger partial charge on any atom is -0.356 e. The first-order valence-electron chi connectivity index (χ1n) is 8.98. The van der Waals surface area contributed by atoms with Gasteiger partial charge in [0, 0.05) is 45.6 Å². The van der Waals surface area contributed by atoms with Crippen LogP contribution in [0.2, 0.25) is 0 Å². The largest absolute Gasteiger partial charge is 0.356 e. The molecule has 2 amide bonds. The third-order valence-electron chi connectivity index (χ3n) is 5.40. The van der Waals surface area contributed by atoms with E-state index in [1.807, 2.05) is 4.90 Å². The van der Waals surface area contributed by atoms with E-state index in [0.29, 0.717) is 25.9 Å². The molecule has 6 heteroatoms. The molecule has 132 valence electrons. The van der Waals surface area contributed by atoms with Gasteiger partial charge in [-0.2, -0.15) is 0 Å². The number of hydrogen-bond acceptors (Lipinski definition) is 4. The molecule has 3 N–H and O–H groups in total. The summed E-state index contributed by atoms with van der Waals surface area (Å²) in [6, 6.07) is 0. The Kier molecular flexibility index (Phi) is 6.84. The van der Waals surface area contributed by atoms with Crippen molar-refractivity contribution in [2.75, 3.05) is 46.3 Å². The van der Waals surface area contributed by atoms with Gasteiger partial charge in [0.1, 0.15) is 0 Å². The summed E-state index contributed by atoms with van der Waals surface area (Å²) in [5.74, 6) is 0.188. The Morgan fingerprint density at radius 3 is 2.35 bits per heavy atom. The van der Waals surface area contributed by atoms with Gasteiger partial charge in [0.25, 0.3) is 0 Å². The summed E-state index contributed by atoms with van der Waals surface area (Å²) in [5, 5.41) is 2.92. The topological polar surface area (TPSA) is 78.7 Å². The first-order chi connectivity index (χ1) is 11.0. The lowest BCUT2D eigenvalue weighted by Gasteiger charge is -2.35. The van der Waals surface area contributed by atoms with E-state index >= 15 is 0 Å². The van der Waals surface area contributed by atoms with Crippen LogP contribution < -0.4 is 11.1 Å². The van der Waals surface area contributed by atoms with E-state index < -0.39 is 0 Å². The van der Waals surface area contributed by atoms with Gasteiger partial charge in [-0.1, -0.05) is 19.3 Å². The maximum atomic E-state index is 12.2. The van der Waals surface area contributed by atoms with E-state index in [1.54, 1.807) is 0 Å². The quantitative estimate of drug-likeness (QED) is 0.748. The first kappa shape index (κ1) is 18.2. The molecule has 2 rings (SSSR count). The van der Waals surface area contributed by atoms with Crippen molar-refractivity contribution in [1.29, 1.82) is 0 Å². The molecule has 0 aromatic heterocycles. The van der Waals surface area contributed by atoms with Gasteiger partial charge in [0.2, 0.25) is 11.8 Å². The minimum absolute atomic E-state index is 0.0101.